The second-order valence-corrected chi connectivity index (χ2v) is 8.12. The van der Waals surface area contributed by atoms with Gasteiger partial charge in [0.15, 0.2) is 5.76 Å². The van der Waals surface area contributed by atoms with Gasteiger partial charge in [-0.1, -0.05) is 48.0 Å². The average molecular weight is 402 g/mol. The van der Waals surface area contributed by atoms with E-state index in [1.54, 1.807) is 24.3 Å². The van der Waals surface area contributed by atoms with Crippen LogP contribution in [0.1, 0.15) is 33.0 Å². The van der Waals surface area contributed by atoms with Gasteiger partial charge in [-0.3, -0.25) is 9.00 Å². The van der Waals surface area contributed by atoms with Gasteiger partial charge in [0.05, 0.1) is 5.75 Å². The third-order valence-corrected chi connectivity index (χ3v) is 5.64. The fourth-order valence-electron chi connectivity index (χ4n) is 2.62. The molecule has 0 unspecified atom stereocenters. The Hall–Kier alpha value is -2.37. The molecule has 0 saturated heterocycles. The highest BCUT2D eigenvalue weighted by molar-refractivity contribution is 7.83. The van der Waals surface area contributed by atoms with Gasteiger partial charge in [-0.15, -0.1) is 0 Å². The first kappa shape index (κ1) is 19.4. The standard InChI is InChI=1S/C21H20ClNO3S/c1-15-4-2-3-5-17(15)12-23-21(24)20-11-10-19(26-20)14-27(25)13-16-6-8-18(22)9-7-16/h2-11H,12-14H2,1H3,(H,23,24)/t27-/m0/s1. The summed E-state index contributed by atoms with van der Waals surface area (Å²) in [4.78, 5) is 12.3. The first-order chi connectivity index (χ1) is 13.0. The number of aryl methyl sites for hydroxylation is 1. The van der Waals surface area contributed by atoms with E-state index in [0.29, 0.717) is 23.1 Å². The number of carbonyl (C=O) groups is 1. The van der Waals surface area contributed by atoms with Gasteiger partial charge in [-0.25, -0.2) is 0 Å². The zero-order chi connectivity index (χ0) is 19.2. The van der Waals surface area contributed by atoms with Gasteiger partial charge in [0.25, 0.3) is 5.91 Å². The lowest BCUT2D eigenvalue weighted by molar-refractivity contribution is 0.0921. The van der Waals surface area contributed by atoms with Crippen LogP contribution in [-0.4, -0.2) is 10.1 Å². The van der Waals surface area contributed by atoms with E-state index in [2.05, 4.69) is 5.32 Å². The van der Waals surface area contributed by atoms with Crippen molar-refractivity contribution in [1.82, 2.24) is 5.32 Å². The Morgan fingerprint density at radius 3 is 2.52 bits per heavy atom. The van der Waals surface area contributed by atoms with Crippen LogP contribution in [-0.2, 0) is 28.9 Å². The lowest BCUT2D eigenvalue weighted by Crippen LogP contribution is -2.22. The zero-order valence-corrected chi connectivity index (χ0v) is 16.5. The van der Waals surface area contributed by atoms with Gasteiger partial charge in [0, 0.05) is 28.1 Å². The summed E-state index contributed by atoms with van der Waals surface area (Å²) in [5.74, 6) is 1.14. The Bertz CT molecular complexity index is 950. The van der Waals surface area contributed by atoms with E-state index in [1.807, 2.05) is 43.3 Å². The van der Waals surface area contributed by atoms with Crippen molar-refractivity contribution in [3.63, 3.8) is 0 Å². The number of halogens is 1. The molecule has 0 bridgehead atoms. The van der Waals surface area contributed by atoms with E-state index in [9.17, 15) is 9.00 Å². The molecule has 2 aromatic carbocycles. The van der Waals surface area contributed by atoms with Gasteiger partial charge in [-0.2, -0.15) is 0 Å². The summed E-state index contributed by atoms with van der Waals surface area (Å²) < 4.78 is 17.9. The maximum absolute atomic E-state index is 12.3. The minimum Gasteiger partial charge on any atom is -0.455 e. The molecule has 0 aliphatic carbocycles. The van der Waals surface area contributed by atoms with Crippen LogP contribution in [0.25, 0.3) is 0 Å². The molecule has 6 heteroatoms. The maximum Gasteiger partial charge on any atom is 0.287 e. The van der Waals surface area contributed by atoms with Gasteiger partial charge in [0.1, 0.15) is 5.76 Å². The van der Waals surface area contributed by atoms with Gasteiger partial charge >= 0.3 is 0 Å². The van der Waals surface area contributed by atoms with E-state index in [0.717, 1.165) is 16.7 Å². The second-order valence-electron chi connectivity index (χ2n) is 6.23. The average Bonchev–Trinajstić information content (AvgIpc) is 3.11. The third kappa shape index (κ3) is 5.55. The van der Waals surface area contributed by atoms with Crippen molar-refractivity contribution in [1.29, 1.82) is 0 Å². The molecule has 1 aromatic heterocycles. The number of amides is 1. The number of hydrogen-bond acceptors (Lipinski definition) is 3. The summed E-state index contributed by atoms with van der Waals surface area (Å²) in [5.41, 5.74) is 3.12. The molecule has 0 aliphatic heterocycles. The van der Waals surface area contributed by atoms with Crippen molar-refractivity contribution in [2.24, 2.45) is 0 Å². The number of rotatable bonds is 7. The van der Waals surface area contributed by atoms with E-state index in [4.69, 9.17) is 16.0 Å². The Labute approximate surface area is 166 Å². The third-order valence-electron chi connectivity index (χ3n) is 4.13. The minimum atomic E-state index is -1.13. The first-order valence-corrected chi connectivity index (χ1v) is 10.4. The molecular weight excluding hydrogens is 382 g/mol. The van der Waals surface area contributed by atoms with Crippen molar-refractivity contribution in [2.45, 2.75) is 25.0 Å². The molecule has 27 heavy (non-hydrogen) atoms. The van der Waals surface area contributed by atoms with Gasteiger partial charge in [-0.05, 0) is 47.9 Å². The zero-order valence-electron chi connectivity index (χ0n) is 14.9. The molecule has 140 valence electrons. The monoisotopic (exact) mass is 401 g/mol. The summed E-state index contributed by atoms with van der Waals surface area (Å²) in [6.45, 7) is 2.44. The lowest BCUT2D eigenvalue weighted by atomic mass is 10.1. The molecule has 0 saturated carbocycles. The molecule has 1 heterocycles. The van der Waals surface area contributed by atoms with Crippen LogP contribution in [0.5, 0.6) is 0 Å². The van der Waals surface area contributed by atoms with Crippen molar-refractivity contribution in [2.75, 3.05) is 0 Å². The van der Waals surface area contributed by atoms with Crippen LogP contribution in [0.3, 0.4) is 0 Å². The van der Waals surface area contributed by atoms with E-state index < -0.39 is 10.8 Å². The van der Waals surface area contributed by atoms with Crippen molar-refractivity contribution in [3.05, 3.63) is 93.9 Å². The molecule has 3 rings (SSSR count). The molecule has 0 aliphatic rings. The normalized spacial score (nSPS) is 11.9. The maximum atomic E-state index is 12.3. The van der Waals surface area contributed by atoms with Gasteiger partial charge < -0.3 is 9.73 Å². The quantitative estimate of drug-likeness (QED) is 0.628. The Kier molecular flexibility index (Phi) is 6.48. The molecule has 0 radical (unpaired) electrons. The Morgan fingerprint density at radius 2 is 1.78 bits per heavy atom. The number of hydrogen-bond donors (Lipinski definition) is 1. The summed E-state index contributed by atoms with van der Waals surface area (Å²) in [7, 11) is -1.13. The predicted octanol–water partition coefficient (Wildman–Crippen LogP) is 4.62. The van der Waals surface area contributed by atoms with Crippen LogP contribution in [0.15, 0.2) is 65.1 Å². The van der Waals surface area contributed by atoms with E-state index >= 15 is 0 Å². The Morgan fingerprint density at radius 1 is 1.04 bits per heavy atom. The number of furan rings is 1. The minimum absolute atomic E-state index is 0.224. The van der Waals surface area contributed by atoms with E-state index in [-0.39, 0.29) is 17.4 Å². The van der Waals surface area contributed by atoms with Crippen LogP contribution >= 0.6 is 11.6 Å². The smallest absolute Gasteiger partial charge is 0.287 e. The van der Waals surface area contributed by atoms with Crippen LogP contribution in [0.4, 0.5) is 0 Å². The fourth-order valence-corrected chi connectivity index (χ4v) is 3.89. The summed E-state index contributed by atoms with van der Waals surface area (Å²) >= 11 is 5.86. The molecule has 0 spiro atoms. The fraction of sp³-hybridized carbons (Fsp3) is 0.190. The molecular formula is C21H20ClNO3S. The van der Waals surface area contributed by atoms with Crippen molar-refractivity contribution >= 4 is 28.3 Å². The molecule has 0 fully saturated rings. The number of carbonyl (C=O) groups excluding carboxylic acids is 1. The second kappa shape index (κ2) is 9.02. The van der Waals surface area contributed by atoms with Gasteiger partial charge in [0.2, 0.25) is 0 Å². The molecule has 1 N–H and O–H groups in total. The topological polar surface area (TPSA) is 59.3 Å². The molecule has 1 atom stereocenters. The summed E-state index contributed by atoms with van der Waals surface area (Å²) in [5, 5.41) is 3.50. The van der Waals surface area contributed by atoms with Crippen LogP contribution < -0.4 is 5.32 Å². The van der Waals surface area contributed by atoms with Crippen LogP contribution in [0, 0.1) is 6.92 Å². The molecule has 4 nitrogen and oxygen atoms in total. The van der Waals surface area contributed by atoms with Crippen molar-refractivity contribution in [3.8, 4) is 0 Å². The number of benzene rings is 2. The largest absolute Gasteiger partial charge is 0.455 e. The number of nitrogens with one attached hydrogen (secondary N) is 1. The SMILES string of the molecule is Cc1ccccc1CNC(=O)c1ccc(C[S@@](=O)Cc2ccc(Cl)cc2)o1. The Balaban J connectivity index is 1.54. The van der Waals surface area contributed by atoms with Crippen LogP contribution in [0.2, 0.25) is 5.02 Å². The highest BCUT2D eigenvalue weighted by Gasteiger charge is 2.13. The van der Waals surface area contributed by atoms with Crippen molar-refractivity contribution < 1.29 is 13.4 Å². The highest BCUT2D eigenvalue weighted by Crippen LogP contribution is 2.15. The molecule has 3 aromatic rings. The van der Waals surface area contributed by atoms with E-state index in [1.165, 1.54) is 0 Å². The predicted molar refractivity (Wildman–Crippen MR) is 108 cm³/mol. The summed E-state index contributed by atoms with van der Waals surface area (Å²) in [6, 6.07) is 18.4. The summed E-state index contributed by atoms with van der Waals surface area (Å²) in [6.07, 6.45) is 0. The molecule has 1 amide bonds. The lowest BCUT2D eigenvalue weighted by Gasteiger charge is -2.06. The highest BCUT2D eigenvalue weighted by atomic mass is 35.5. The first-order valence-electron chi connectivity index (χ1n) is 8.52.